The number of aliphatic imine (C=N–C) groups is 1. The van der Waals surface area contributed by atoms with Crippen LogP contribution in [0, 0.1) is 0 Å². The number of unbranched alkanes of at least 4 members (excludes halogenated alkanes) is 3. The summed E-state index contributed by atoms with van der Waals surface area (Å²) in [5, 5.41) is 11.4. The summed E-state index contributed by atoms with van der Waals surface area (Å²) in [6.07, 6.45) is 6.33. The summed E-state index contributed by atoms with van der Waals surface area (Å²) in [6, 6.07) is 18.4. The third-order valence-electron chi connectivity index (χ3n) is 9.05. The fourth-order valence-electron chi connectivity index (χ4n) is 5.93. The van der Waals surface area contributed by atoms with Gasteiger partial charge in [0.25, 0.3) is 23.6 Å². The number of nitrogens with one attached hydrogen (secondary N) is 4. The maximum absolute atomic E-state index is 13.5. The maximum Gasteiger partial charge on any atom is 0.262 e. The topological polar surface area (TPSA) is 236 Å². The van der Waals surface area contributed by atoms with Crippen molar-refractivity contribution in [3.8, 4) is 5.75 Å². The van der Waals surface area contributed by atoms with Gasteiger partial charge in [-0.05, 0) is 92.6 Å². The van der Waals surface area contributed by atoms with E-state index in [2.05, 4.69) is 26.3 Å². The highest BCUT2D eigenvalue weighted by Crippen LogP contribution is 2.33. The van der Waals surface area contributed by atoms with Crippen LogP contribution in [0.1, 0.15) is 88.0 Å². The first-order valence-electron chi connectivity index (χ1n) is 18.3. The van der Waals surface area contributed by atoms with E-state index >= 15 is 0 Å². The monoisotopic (exact) mass is 739 g/mol. The highest BCUT2D eigenvalue weighted by molar-refractivity contribution is 6.05. The van der Waals surface area contributed by atoms with Crippen LogP contribution in [0.4, 0.5) is 11.4 Å². The minimum Gasteiger partial charge on any atom is -0.482 e. The molecule has 1 heterocycles. The molecule has 0 radical (unpaired) electrons. The van der Waals surface area contributed by atoms with Crippen molar-refractivity contribution in [2.24, 2.45) is 22.2 Å². The van der Waals surface area contributed by atoms with Gasteiger partial charge in [-0.15, -0.1) is 0 Å². The molecule has 286 valence electrons. The van der Waals surface area contributed by atoms with Gasteiger partial charge in [-0.2, -0.15) is 0 Å². The summed E-state index contributed by atoms with van der Waals surface area (Å²) in [4.78, 5) is 68.8. The van der Waals surface area contributed by atoms with Crippen molar-refractivity contribution in [3.63, 3.8) is 0 Å². The molecule has 3 aromatic rings. The normalized spacial score (nSPS) is 13.7. The molecule has 2 aliphatic rings. The van der Waals surface area contributed by atoms with Crippen molar-refractivity contribution in [1.82, 2.24) is 15.5 Å². The summed E-state index contributed by atoms with van der Waals surface area (Å²) in [5.41, 5.74) is 19.8. The van der Waals surface area contributed by atoms with Crippen LogP contribution in [-0.4, -0.2) is 78.7 Å². The van der Waals surface area contributed by atoms with Crippen LogP contribution in [0.5, 0.6) is 5.75 Å². The smallest absolute Gasteiger partial charge is 0.262 e. The molecule has 0 bridgehead atoms. The number of hydrogen-bond donors (Lipinski definition) is 7. The Morgan fingerprint density at radius 1 is 0.852 bits per heavy atom. The summed E-state index contributed by atoms with van der Waals surface area (Å²) in [7, 11) is 0. The van der Waals surface area contributed by atoms with Gasteiger partial charge in [0.15, 0.2) is 12.6 Å². The molecule has 0 saturated heterocycles. The van der Waals surface area contributed by atoms with Gasteiger partial charge >= 0.3 is 0 Å². The first kappa shape index (κ1) is 39.3. The van der Waals surface area contributed by atoms with Gasteiger partial charge in [0.1, 0.15) is 5.75 Å². The summed E-state index contributed by atoms with van der Waals surface area (Å²) >= 11 is 0. The quantitative estimate of drug-likeness (QED) is 0.0543. The SMILES string of the molecule is NC(N)=NCCCC(N)C(=O)NCCCCCCNC(=O)c1cccc(NC(=O)c2ccc(CN(C(=O)c3ccc4c(c3)OCC(=O)N4)C3CC3)cc2)c1. The largest absolute Gasteiger partial charge is 0.482 e. The van der Waals surface area contributed by atoms with E-state index in [0.29, 0.717) is 72.8 Å². The lowest BCUT2D eigenvalue weighted by Gasteiger charge is -2.24. The van der Waals surface area contributed by atoms with Crippen LogP contribution in [0.3, 0.4) is 0 Å². The van der Waals surface area contributed by atoms with Gasteiger partial charge in [0, 0.05) is 54.6 Å². The molecule has 1 aliphatic carbocycles. The number of guanidine groups is 1. The van der Waals surface area contributed by atoms with Crippen LogP contribution in [0.15, 0.2) is 71.7 Å². The van der Waals surface area contributed by atoms with Crippen LogP contribution in [0.2, 0.25) is 0 Å². The van der Waals surface area contributed by atoms with Crippen LogP contribution < -0.4 is 43.2 Å². The fraction of sp³-hybridized carbons (Fsp3) is 0.385. The highest BCUT2D eigenvalue weighted by Gasteiger charge is 2.33. The van der Waals surface area contributed by atoms with E-state index in [1.165, 1.54) is 0 Å². The minimum atomic E-state index is -0.598. The van der Waals surface area contributed by atoms with Crippen molar-refractivity contribution >= 4 is 46.9 Å². The molecule has 5 amide bonds. The Hall–Kier alpha value is -5.96. The van der Waals surface area contributed by atoms with E-state index in [9.17, 15) is 24.0 Å². The van der Waals surface area contributed by atoms with Crippen molar-refractivity contribution in [3.05, 3.63) is 89.0 Å². The molecule has 15 nitrogen and oxygen atoms in total. The van der Waals surface area contributed by atoms with Gasteiger partial charge in [0.2, 0.25) is 5.91 Å². The number of anilines is 2. The number of benzene rings is 3. The number of carbonyl (C=O) groups excluding carboxylic acids is 5. The predicted molar refractivity (Wildman–Crippen MR) is 206 cm³/mol. The Balaban J connectivity index is 1.01. The average Bonchev–Trinajstić information content (AvgIpc) is 4.01. The Morgan fingerprint density at radius 2 is 1.57 bits per heavy atom. The van der Waals surface area contributed by atoms with E-state index in [4.69, 9.17) is 21.9 Å². The summed E-state index contributed by atoms with van der Waals surface area (Å²) in [6.45, 7) is 1.76. The lowest BCUT2D eigenvalue weighted by Crippen LogP contribution is -2.41. The van der Waals surface area contributed by atoms with Gasteiger partial charge in [-0.3, -0.25) is 29.0 Å². The molecule has 3 aromatic carbocycles. The van der Waals surface area contributed by atoms with Crippen molar-refractivity contribution in [1.29, 1.82) is 0 Å². The molecule has 1 atom stereocenters. The van der Waals surface area contributed by atoms with Crippen LogP contribution in [0.25, 0.3) is 0 Å². The number of carbonyl (C=O) groups is 5. The molecule has 1 aliphatic heterocycles. The lowest BCUT2D eigenvalue weighted by atomic mass is 10.1. The fourth-order valence-corrected chi connectivity index (χ4v) is 5.93. The maximum atomic E-state index is 13.5. The number of hydrogen-bond acceptors (Lipinski definition) is 8. The molecule has 10 N–H and O–H groups in total. The van der Waals surface area contributed by atoms with Gasteiger partial charge < -0.3 is 48.1 Å². The Labute approximate surface area is 314 Å². The zero-order valence-corrected chi connectivity index (χ0v) is 30.3. The number of ether oxygens (including phenoxy) is 1. The van der Waals surface area contributed by atoms with E-state index in [-0.39, 0.29) is 48.1 Å². The first-order chi connectivity index (χ1) is 26.1. The van der Waals surface area contributed by atoms with Crippen molar-refractivity contribution < 1.29 is 28.7 Å². The summed E-state index contributed by atoms with van der Waals surface area (Å²) < 4.78 is 5.49. The molecular weight excluding hydrogens is 690 g/mol. The van der Waals surface area contributed by atoms with E-state index in [0.717, 1.165) is 44.1 Å². The Kier molecular flexibility index (Phi) is 14.0. The van der Waals surface area contributed by atoms with Gasteiger partial charge in [0.05, 0.1) is 11.7 Å². The van der Waals surface area contributed by atoms with Crippen molar-refractivity contribution in [2.45, 2.75) is 70.0 Å². The third-order valence-corrected chi connectivity index (χ3v) is 9.05. The molecule has 0 spiro atoms. The molecule has 1 unspecified atom stereocenters. The van der Waals surface area contributed by atoms with Gasteiger partial charge in [-0.25, -0.2) is 0 Å². The zero-order valence-electron chi connectivity index (χ0n) is 30.3. The molecule has 15 heteroatoms. The molecule has 1 saturated carbocycles. The molecule has 1 fully saturated rings. The molecular formula is C39H49N9O6. The average molecular weight is 740 g/mol. The Bertz CT molecular complexity index is 1840. The third kappa shape index (κ3) is 11.8. The zero-order chi connectivity index (χ0) is 38.5. The predicted octanol–water partition coefficient (Wildman–Crippen LogP) is 2.86. The molecule has 5 rings (SSSR count). The lowest BCUT2D eigenvalue weighted by molar-refractivity contribution is -0.122. The summed E-state index contributed by atoms with van der Waals surface area (Å²) in [5.74, 6) is -0.618. The number of rotatable bonds is 19. The van der Waals surface area contributed by atoms with Gasteiger partial charge in [-0.1, -0.05) is 31.0 Å². The van der Waals surface area contributed by atoms with E-state index in [1.807, 2.05) is 17.0 Å². The van der Waals surface area contributed by atoms with Crippen molar-refractivity contribution in [2.75, 3.05) is 36.9 Å². The van der Waals surface area contributed by atoms with E-state index in [1.54, 1.807) is 54.6 Å². The first-order valence-corrected chi connectivity index (χ1v) is 18.3. The van der Waals surface area contributed by atoms with E-state index < -0.39 is 6.04 Å². The standard InChI is InChI=1S/C39H49N9O6/c40-31(9-6-20-45-39(41)42)37(52)44-19-4-2-1-3-18-43-35(50)27-7-5-8-29(21-27)46-36(51)26-12-10-25(11-13-26)23-48(30-15-16-30)38(53)28-14-17-32-33(22-28)54-24-34(49)47-32/h5,7-8,10-14,17,21-22,30-31H,1-4,6,9,15-16,18-20,23-24,40H2,(H,43,50)(H,44,52)(H,46,51)(H,47,49)(H4,41,42,45). The van der Waals surface area contributed by atoms with Crippen LogP contribution >= 0.6 is 0 Å². The number of fused-ring (bicyclic) bond motifs is 1. The Morgan fingerprint density at radius 3 is 2.30 bits per heavy atom. The second kappa shape index (κ2) is 19.2. The second-order valence-corrected chi connectivity index (χ2v) is 13.5. The number of nitrogens with two attached hydrogens (primary N) is 3. The van der Waals surface area contributed by atoms with Crippen LogP contribution in [-0.2, 0) is 16.1 Å². The molecule has 0 aromatic heterocycles. The number of amides is 5. The highest BCUT2D eigenvalue weighted by atomic mass is 16.5. The second-order valence-electron chi connectivity index (χ2n) is 13.5. The minimum absolute atomic E-state index is 0.0206. The number of nitrogens with zero attached hydrogens (tertiary/aromatic N) is 2. The molecule has 54 heavy (non-hydrogen) atoms.